The molecule has 6 nitrogen and oxygen atoms in total. The molecule has 0 aromatic rings. The highest BCUT2D eigenvalue weighted by atomic mass is 32.2. The number of sulfone groups is 1. The van der Waals surface area contributed by atoms with Crippen molar-refractivity contribution < 1.29 is 8.42 Å². The van der Waals surface area contributed by atoms with Crippen LogP contribution in [0.3, 0.4) is 0 Å². The van der Waals surface area contributed by atoms with Crippen LogP contribution < -0.4 is 5.32 Å². The van der Waals surface area contributed by atoms with E-state index in [0.717, 1.165) is 37.9 Å². The van der Waals surface area contributed by atoms with Gasteiger partial charge in [-0.15, -0.1) is 0 Å². The van der Waals surface area contributed by atoms with Crippen LogP contribution in [0.15, 0.2) is 4.99 Å². The Morgan fingerprint density at radius 3 is 2.44 bits per heavy atom. The number of nitrogens with zero attached hydrogens (tertiary/aromatic N) is 3. The molecule has 146 valence electrons. The van der Waals surface area contributed by atoms with Crippen LogP contribution in [0.2, 0.25) is 0 Å². The summed E-state index contributed by atoms with van der Waals surface area (Å²) in [7, 11) is -3.02. The van der Waals surface area contributed by atoms with Gasteiger partial charge in [-0.25, -0.2) is 8.42 Å². The van der Waals surface area contributed by atoms with E-state index in [1.807, 2.05) is 13.8 Å². The molecule has 0 aromatic heterocycles. The van der Waals surface area contributed by atoms with Crippen LogP contribution in [0.5, 0.6) is 0 Å². The van der Waals surface area contributed by atoms with Gasteiger partial charge in [0.05, 0.1) is 10.5 Å². The predicted octanol–water partition coefficient (Wildman–Crippen LogP) is 1.58. The zero-order valence-corrected chi connectivity index (χ0v) is 17.2. The second-order valence-electron chi connectivity index (χ2n) is 7.90. The minimum absolute atomic E-state index is 0.208. The SMILES string of the molecule is CCNC(=NCCC1CCN(CC)CC1)N1CCS(=O)(=O)C(C)(C)C1. The van der Waals surface area contributed by atoms with Crippen molar-refractivity contribution in [3.63, 3.8) is 0 Å². The van der Waals surface area contributed by atoms with E-state index < -0.39 is 14.6 Å². The van der Waals surface area contributed by atoms with E-state index in [0.29, 0.717) is 13.1 Å². The molecule has 0 bridgehead atoms. The normalized spacial score (nSPS) is 25.1. The quantitative estimate of drug-likeness (QED) is 0.586. The number of hydrogen-bond acceptors (Lipinski definition) is 4. The first-order valence-electron chi connectivity index (χ1n) is 9.77. The number of hydrogen-bond donors (Lipinski definition) is 1. The molecular formula is C18H36N4O2S. The highest BCUT2D eigenvalue weighted by molar-refractivity contribution is 7.92. The molecule has 2 fully saturated rings. The lowest BCUT2D eigenvalue weighted by atomic mass is 9.94. The molecule has 0 unspecified atom stereocenters. The Kier molecular flexibility index (Phi) is 7.14. The second-order valence-corrected chi connectivity index (χ2v) is 10.6. The molecule has 0 saturated carbocycles. The van der Waals surface area contributed by atoms with E-state index in [1.54, 1.807) is 0 Å². The van der Waals surface area contributed by atoms with Crippen LogP contribution in [0, 0.1) is 5.92 Å². The third-order valence-electron chi connectivity index (χ3n) is 5.63. The molecule has 0 aliphatic carbocycles. The highest BCUT2D eigenvalue weighted by Crippen LogP contribution is 2.24. The summed E-state index contributed by atoms with van der Waals surface area (Å²) in [4.78, 5) is 9.44. The Morgan fingerprint density at radius 2 is 1.88 bits per heavy atom. The van der Waals surface area contributed by atoms with Crippen LogP contribution in [0.1, 0.15) is 47.0 Å². The standard InChI is InChI=1S/C18H36N4O2S/c1-5-19-17(22-13-14-25(23,24)18(3,4)15-22)20-10-7-16-8-11-21(6-2)12-9-16/h16H,5-15H2,1-4H3,(H,19,20). The van der Waals surface area contributed by atoms with E-state index in [2.05, 4.69) is 29.0 Å². The summed E-state index contributed by atoms with van der Waals surface area (Å²) >= 11 is 0. The number of rotatable bonds is 5. The van der Waals surface area contributed by atoms with E-state index in [9.17, 15) is 8.42 Å². The summed E-state index contributed by atoms with van der Waals surface area (Å²) in [6.45, 7) is 14.2. The van der Waals surface area contributed by atoms with Gasteiger partial charge in [-0.1, -0.05) is 6.92 Å². The smallest absolute Gasteiger partial charge is 0.193 e. The average Bonchev–Trinajstić information content (AvgIpc) is 2.57. The van der Waals surface area contributed by atoms with Gasteiger partial charge < -0.3 is 15.1 Å². The van der Waals surface area contributed by atoms with Gasteiger partial charge in [-0.2, -0.15) is 0 Å². The monoisotopic (exact) mass is 372 g/mol. The van der Waals surface area contributed by atoms with Crippen LogP contribution in [0.4, 0.5) is 0 Å². The summed E-state index contributed by atoms with van der Waals surface area (Å²) in [5.74, 6) is 1.85. The molecule has 0 amide bonds. The number of piperidine rings is 1. The van der Waals surface area contributed by atoms with Crippen molar-refractivity contribution in [3.05, 3.63) is 0 Å². The van der Waals surface area contributed by atoms with Crippen molar-refractivity contribution in [2.24, 2.45) is 10.9 Å². The van der Waals surface area contributed by atoms with Crippen LogP contribution >= 0.6 is 0 Å². The van der Waals surface area contributed by atoms with E-state index in [4.69, 9.17) is 4.99 Å². The van der Waals surface area contributed by atoms with Gasteiger partial charge in [-0.05, 0) is 65.6 Å². The molecule has 0 atom stereocenters. The fraction of sp³-hybridized carbons (Fsp3) is 0.944. The van der Waals surface area contributed by atoms with Crippen molar-refractivity contribution in [1.82, 2.24) is 15.1 Å². The first-order valence-corrected chi connectivity index (χ1v) is 11.4. The molecule has 2 saturated heterocycles. The molecule has 2 aliphatic heterocycles. The lowest BCUT2D eigenvalue weighted by molar-refractivity contribution is 0.188. The van der Waals surface area contributed by atoms with E-state index in [-0.39, 0.29) is 5.75 Å². The Hall–Kier alpha value is -0.820. The average molecular weight is 373 g/mol. The number of likely N-dealkylation sites (tertiary alicyclic amines) is 1. The lowest BCUT2D eigenvalue weighted by Gasteiger charge is -2.39. The van der Waals surface area contributed by atoms with Crippen molar-refractivity contribution in [2.75, 3.05) is 51.6 Å². The van der Waals surface area contributed by atoms with Gasteiger partial charge in [-0.3, -0.25) is 4.99 Å². The Morgan fingerprint density at radius 1 is 1.20 bits per heavy atom. The minimum atomic E-state index is -3.02. The molecular weight excluding hydrogens is 336 g/mol. The van der Waals surface area contributed by atoms with Gasteiger partial charge in [0, 0.05) is 26.2 Å². The summed E-state index contributed by atoms with van der Waals surface area (Å²) in [6.07, 6.45) is 3.67. The second kappa shape index (κ2) is 8.71. The van der Waals surface area contributed by atoms with E-state index in [1.165, 1.54) is 25.9 Å². The zero-order chi connectivity index (χ0) is 18.5. The van der Waals surface area contributed by atoms with E-state index >= 15 is 0 Å². The molecule has 0 radical (unpaired) electrons. The topological polar surface area (TPSA) is 65.0 Å². The van der Waals surface area contributed by atoms with Gasteiger partial charge in [0.1, 0.15) is 0 Å². The predicted molar refractivity (Wildman–Crippen MR) is 105 cm³/mol. The summed E-state index contributed by atoms with van der Waals surface area (Å²) in [5.41, 5.74) is 0. The Labute approximate surface area is 154 Å². The first kappa shape index (κ1) is 20.5. The van der Waals surface area contributed by atoms with Gasteiger partial charge in [0.25, 0.3) is 0 Å². The molecule has 2 rings (SSSR count). The number of guanidine groups is 1. The number of aliphatic imine (C=N–C) groups is 1. The minimum Gasteiger partial charge on any atom is -0.357 e. The molecule has 2 aliphatic rings. The highest BCUT2D eigenvalue weighted by Gasteiger charge is 2.40. The Bertz CT molecular complexity index is 551. The molecule has 0 spiro atoms. The zero-order valence-electron chi connectivity index (χ0n) is 16.4. The van der Waals surface area contributed by atoms with Gasteiger partial charge >= 0.3 is 0 Å². The summed E-state index contributed by atoms with van der Waals surface area (Å²) < 4.78 is 23.7. The van der Waals surface area contributed by atoms with Crippen LogP contribution in [-0.2, 0) is 9.84 Å². The molecule has 7 heteroatoms. The lowest BCUT2D eigenvalue weighted by Crippen LogP contribution is -2.57. The molecule has 25 heavy (non-hydrogen) atoms. The third-order valence-corrected chi connectivity index (χ3v) is 8.16. The molecule has 2 heterocycles. The summed E-state index contributed by atoms with van der Waals surface area (Å²) in [5, 5.41) is 3.34. The van der Waals surface area contributed by atoms with Crippen LogP contribution in [-0.4, -0.2) is 80.5 Å². The van der Waals surface area contributed by atoms with Gasteiger partial charge in [0.2, 0.25) is 0 Å². The van der Waals surface area contributed by atoms with Crippen molar-refractivity contribution in [2.45, 2.75) is 51.7 Å². The first-order chi connectivity index (χ1) is 11.8. The maximum Gasteiger partial charge on any atom is 0.193 e. The summed E-state index contributed by atoms with van der Waals surface area (Å²) in [6, 6.07) is 0. The van der Waals surface area contributed by atoms with Crippen molar-refractivity contribution in [1.29, 1.82) is 0 Å². The fourth-order valence-electron chi connectivity index (χ4n) is 3.69. The third kappa shape index (κ3) is 5.33. The maximum absolute atomic E-state index is 12.2. The molecule has 0 aromatic carbocycles. The van der Waals surface area contributed by atoms with Crippen molar-refractivity contribution >= 4 is 15.8 Å². The van der Waals surface area contributed by atoms with Crippen LogP contribution in [0.25, 0.3) is 0 Å². The number of nitrogens with one attached hydrogen (secondary N) is 1. The molecule has 1 N–H and O–H groups in total. The largest absolute Gasteiger partial charge is 0.357 e. The van der Waals surface area contributed by atoms with Crippen molar-refractivity contribution in [3.8, 4) is 0 Å². The fourth-order valence-corrected chi connectivity index (χ4v) is 5.06. The Balaban J connectivity index is 1.91. The van der Waals surface area contributed by atoms with Gasteiger partial charge in [0.15, 0.2) is 15.8 Å². The maximum atomic E-state index is 12.2.